The van der Waals surface area contributed by atoms with E-state index in [4.69, 9.17) is 9.47 Å². The SMILES string of the molecule is COCCOc1ccc(C(=O)Nc2cccc(C)c2C)cc1Br. The maximum absolute atomic E-state index is 12.4. The molecule has 2 rings (SSSR count). The van der Waals surface area contributed by atoms with Gasteiger partial charge in [0.1, 0.15) is 12.4 Å². The zero-order valence-corrected chi connectivity index (χ0v) is 15.1. The first kappa shape index (κ1) is 17.5. The lowest BCUT2D eigenvalue weighted by molar-refractivity contribution is 0.102. The van der Waals surface area contributed by atoms with Gasteiger partial charge >= 0.3 is 0 Å². The number of ether oxygens (including phenoxy) is 2. The highest BCUT2D eigenvalue weighted by molar-refractivity contribution is 9.10. The van der Waals surface area contributed by atoms with Gasteiger partial charge in [0.25, 0.3) is 5.91 Å². The molecule has 0 spiro atoms. The standard InChI is InChI=1S/C18H20BrNO3/c1-12-5-4-6-16(13(12)2)20-18(21)14-7-8-17(15(19)11-14)23-10-9-22-3/h4-8,11H,9-10H2,1-3H3,(H,20,21). The van der Waals surface area contributed by atoms with Crippen molar-refractivity contribution in [2.45, 2.75) is 13.8 Å². The van der Waals surface area contributed by atoms with E-state index in [1.165, 1.54) is 0 Å². The number of anilines is 1. The second-order valence-electron chi connectivity index (χ2n) is 5.19. The molecule has 1 amide bonds. The number of rotatable bonds is 6. The normalized spacial score (nSPS) is 10.4. The summed E-state index contributed by atoms with van der Waals surface area (Å²) in [5.41, 5.74) is 3.61. The van der Waals surface area contributed by atoms with Gasteiger partial charge in [0.2, 0.25) is 0 Å². The highest BCUT2D eigenvalue weighted by Gasteiger charge is 2.11. The van der Waals surface area contributed by atoms with E-state index in [0.717, 1.165) is 21.3 Å². The van der Waals surface area contributed by atoms with Crippen LogP contribution in [0.2, 0.25) is 0 Å². The Bertz CT molecular complexity index is 701. The fourth-order valence-electron chi connectivity index (χ4n) is 2.08. The summed E-state index contributed by atoms with van der Waals surface area (Å²) in [5.74, 6) is 0.535. The molecular formula is C18H20BrNO3. The van der Waals surface area contributed by atoms with Gasteiger partial charge in [0.05, 0.1) is 11.1 Å². The molecule has 0 bridgehead atoms. The van der Waals surface area contributed by atoms with Crippen LogP contribution >= 0.6 is 15.9 Å². The van der Waals surface area contributed by atoms with E-state index in [2.05, 4.69) is 21.2 Å². The topological polar surface area (TPSA) is 47.6 Å². The molecule has 0 saturated carbocycles. The molecule has 4 nitrogen and oxygen atoms in total. The zero-order chi connectivity index (χ0) is 16.8. The number of aryl methyl sites for hydroxylation is 1. The highest BCUT2D eigenvalue weighted by Crippen LogP contribution is 2.27. The van der Waals surface area contributed by atoms with Crippen molar-refractivity contribution in [1.82, 2.24) is 0 Å². The summed E-state index contributed by atoms with van der Waals surface area (Å²) in [6, 6.07) is 11.1. The van der Waals surface area contributed by atoms with Gasteiger partial charge in [-0.2, -0.15) is 0 Å². The Morgan fingerprint density at radius 2 is 1.96 bits per heavy atom. The number of benzene rings is 2. The highest BCUT2D eigenvalue weighted by atomic mass is 79.9. The summed E-state index contributed by atoms with van der Waals surface area (Å²) in [6.45, 7) is 4.99. The van der Waals surface area contributed by atoms with Crippen LogP contribution in [0.15, 0.2) is 40.9 Å². The molecule has 0 saturated heterocycles. The van der Waals surface area contributed by atoms with Crippen LogP contribution in [0.1, 0.15) is 21.5 Å². The van der Waals surface area contributed by atoms with E-state index >= 15 is 0 Å². The Morgan fingerprint density at radius 1 is 1.17 bits per heavy atom. The summed E-state index contributed by atoms with van der Waals surface area (Å²) >= 11 is 3.43. The van der Waals surface area contributed by atoms with Crippen molar-refractivity contribution in [2.24, 2.45) is 0 Å². The molecule has 0 aliphatic heterocycles. The van der Waals surface area contributed by atoms with Crippen LogP contribution in [0.3, 0.4) is 0 Å². The lowest BCUT2D eigenvalue weighted by Gasteiger charge is -2.12. The van der Waals surface area contributed by atoms with Crippen LogP contribution in [0, 0.1) is 13.8 Å². The predicted molar refractivity (Wildman–Crippen MR) is 95.4 cm³/mol. The first-order chi connectivity index (χ1) is 11.0. The van der Waals surface area contributed by atoms with Crippen LogP contribution in [0.4, 0.5) is 5.69 Å². The minimum atomic E-state index is -0.150. The number of carbonyl (C=O) groups excluding carboxylic acids is 1. The molecule has 122 valence electrons. The molecular weight excluding hydrogens is 358 g/mol. The number of hydrogen-bond acceptors (Lipinski definition) is 3. The molecule has 2 aromatic carbocycles. The third-order valence-electron chi connectivity index (χ3n) is 3.59. The third kappa shape index (κ3) is 4.56. The van der Waals surface area contributed by atoms with Gasteiger partial charge in [-0.15, -0.1) is 0 Å². The molecule has 0 unspecified atom stereocenters. The second-order valence-corrected chi connectivity index (χ2v) is 6.04. The molecule has 0 fully saturated rings. The van der Waals surface area contributed by atoms with Gasteiger partial charge in [0.15, 0.2) is 0 Å². The van der Waals surface area contributed by atoms with Crippen LogP contribution in [0.5, 0.6) is 5.75 Å². The molecule has 0 aromatic heterocycles. The second kappa shape index (κ2) is 8.13. The lowest BCUT2D eigenvalue weighted by atomic mass is 10.1. The molecule has 0 radical (unpaired) electrons. The van der Waals surface area contributed by atoms with Crippen LogP contribution in [-0.4, -0.2) is 26.2 Å². The molecule has 0 aliphatic rings. The third-order valence-corrected chi connectivity index (χ3v) is 4.21. The first-order valence-corrected chi connectivity index (χ1v) is 8.11. The Morgan fingerprint density at radius 3 is 2.65 bits per heavy atom. The summed E-state index contributed by atoms with van der Waals surface area (Å²) in [5, 5.41) is 2.95. The summed E-state index contributed by atoms with van der Waals surface area (Å²) < 4.78 is 11.2. The van der Waals surface area contributed by atoms with Crippen LogP contribution < -0.4 is 10.1 Å². The van der Waals surface area contributed by atoms with Crippen molar-refractivity contribution >= 4 is 27.5 Å². The van der Waals surface area contributed by atoms with Crippen LogP contribution in [0.25, 0.3) is 0 Å². The Hall–Kier alpha value is -1.85. The largest absolute Gasteiger partial charge is 0.490 e. The fraction of sp³-hybridized carbons (Fsp3) is 0.278. The van der Waals surface area contributed by atoms with Gasteiger partial charge in [0, 0.05) is 18.4 Å². The zero-order valence-electron chi connectivity index (χ0n) is 13.5. The summed E-state index contributed by atoms with van der Waals surface area (Å²) in [6.07, 6.45) is 0. The summed E-state index contributed by atoms with van der Waals surface area (Å²) in [7, 11) is 1.62. The average Bonchev–Trinajstić information content (AvgIpc) is 2.53. The maximum Gasteiger partial charge on any atom is 0.255 e. The molecule has 0 atom stereocenters. The smallest absolute Gasteiger partial charge is 0.255 e. The molecule has 5 heteroatoms. The van der Waals surface area contributed by atoms with Crippen LogP contribution in [-0.2, 0) is 4.74 Å². The molecule has 2 aromatic rings. The molecule has 0 aliphatic carbocycles. The predicted octanol–water partition coefficient (Wildman–Crippen LogP) is 4.34. The first-order valence-electron chi connectivity index (χ1n) is 7.31. The number of carbonyl (C=O) groups is 1. The Labute approximate surface area is 144 Å². The van der Waals surface area contributed by atoms with E-state index in [1.54, 1.807) is 25.3 Å². The van der Waals surface area contributed by atoms with Gasteiger partial charge in [-0.05, 0) is 65.2 Å². The van der Waals surface area contributed by atoms with Crippen molar-refractivity contribution < 1.29 is 14.3 Å². The number of methoxy groups -OCH3 is 1. The van der Waals surface area contributed by atoms with E-state index in [-0.39, 0.29) is 5.91 Å². The number of hydrogen-bond donors (Lipinski definition) is 1. The van der Waals surface area contributed by atoms with E-state index in [0.29, 0.717) is 24.5 Å². The molecule has 23 heavy (non-hydrogen) atoms. The van der Waals surface area contributed by atoms with E-state index < -0.39 is 0 Å². The monoisotopic (exact) mass is 377 g/mol. The molecule has 1 N–H and O–H groups in total. The Balaban J connectivity index is 2.10. The van der Waals surface area contributed by atoms with E-state index in [9.17, 15) is 4.79 Å². The van der Waals surface area contributed by atoms with Crippen molar-refractivity contribution in [1.29, 1.82) is 0 Å². The number of amides is 1. The quantitative estimate of drug-likeness (QED) is 0.761. The van der Waals surface area contributed by atoms with Crippen molar-refractivity contribution in [3.05, 3.63) is 57.6 Å². The van der Waals surface area contributed by atoms with Gasteiger partial charge in [-0.25, -0.2) is 0 Å². The average molecular weight is 378 g/mol. The minimum absolute atomic E-state index is 0.150. The number of nitrogens with one attached hydrogen (secondary N) is 1. The van der Waals surface area contributed by atoms with E-state index in [1.807, 2.05) is 32.0 Å². The van der Waals surface area contributed by atoms with Crippen molar-refractivity contribution in [3.8, 4) is 5.75 Å². The Kier molecular flexibility index (Phi) is 6.19. The van der Waals surface area contributed by atoms with Gasteiger partial charge in [-0.1, -0.05) is 12.1 Å². The lowest BCUT2D eigenvalue weighted by Crippen LogP contribution is -2.13. The van der Waals surface area contributed by atoms with Gasteiger partial charge < -0.3 is 14.8 Å². The fourth-order valence-corrected chi connectivity index (χ4v) is 2.57. The summed E-state index contributed by atoms with van der Waals surface area (Å²) in [4.78, 5) is 12.4. The van der Waals surface area contributed by atoms with Crippen molar-refractivity contribution in [3.63, 3.8) is 0 Å². The number of halogens is 1. The van der Waals surface area contributed by atoms with Gasteiger partial charge in [-0.3, -0.25) is 4.79 Å². The minimum Gasteiger partial charge on any atom is -0.490 e. The van der Waals surface area contributed by atoms with Crippen molar-refractivity contribution in [2.75, 3.05) is 25.6 Å². The maximum atomic E-state index is 12.4. The molecule has 0 heterocycles.